The Labute approximate surface area is 77.4 Å². The minimum Gasteiger partial charge on any atom is -0.388 e. The molecule has 1 aromatic carbocycles. The Hall–Kier alpha value is -1.09. The number of hydrogen-bond acceptors (Lipinski definition) is 2. The van der Waals surface area contributed by atoms with Gasteiger partial charge in [-0.25, -0.2) is 0 Å². The van der Waals surface area contributed by atoms with Crippen LogP contribution in [-0.2, 0) is 0 Å². The van der Waals surface area contributed by atoms with Crippen molar-refractivity contribution in [1.82, 2.24) is 0 Å². The molecular formula is C10H14FNO. The molecule has 0 saturated carbocycles. The predicted octanol–water partition coefficient (Wildman–Crippen LogP) is 2.12. The van der Waals surface area contributed by atoms with Crippen molar-refractivity contribution in [2.24, 2.45) is 0 Å². The van der Waals surface area contributed by atoms with Crippen LogP contribution in [0.5, 0.6) is 0 Å². The summed E-state index contributed by atoms with van der Waals surface area (Å²) in [6.07, 6.45) is -0.519. The van der Waals surface area contributed by atoms with Gasteiger partial charge in [-0.05, 0) is 17.7 Å². The number of rotatable bonds is 4. The maximum Gasteiger partial charge on any atom is 0.0922 e. The molecule has 0 aliphatic carbocycles. The first-order chi connectivity index (χ1) is 6.27. The molecule has 1 rings (SSSR count). The molecule has 0 bridgehead atoms. The topological polar surface area (TPSA) is 32.3 Å². The number of alkyl halides is 1. The summed E-state index contributed by atoms with van der Waals surface area (Å²) < 4.78 is 11.9. The Morgan fingerprint density at radius 2 is 2.00 bits per heavy atom. The molecule has 0 aliphatic rings. The summed E-state index contributed by atoms with van der Waals surface area (Å²) in [6.45, 7) is -0.491. The molecule has 3 heteroatoms. The highest BCUT2D eigenvalue weighted by Crippen LogP contribution is 2.18. The van der Waals surface area contributed by atoms with Crippen molar-refractivity contribution in [2.45, 2.75) is 12.5 Å². The molecule has 1 unspecified atom stereocenters. The van der Waals surface area contributed by atoms with Gasteiger partial charge in [-0.2, -0.15) is 0 Å². The summed E-state index contributed by atoms with van der Waals surface area (Å²) in [6, 6.07) is 7.31. The molecule has 1 aromatic rings. The van der Waals surface area contributed by atoms with E-state index in [2.05, 4.69) is 5.32 Å². The molecule has 13 heavy (non-hydrogen) atoms. The van der Waals surface area contributed by atoms with E-state index in [9.17, 15) is 9.50 Å². The Kier molecular flexibility index (Phi) is 3.71. The molecule has 0 fully saturated rings. The van der Waals surface area contributed by atoms with Gasteiger partial charge in [-0.1, -0.05) is 12.1 Å². The smallest absolute Gasteiger partial charge is 0.0922 e. The van der Waals surface area contributed by atoms with Gasteiger partial charge >= 0.3 is 0 Å². The van der Waals surface area contributed by atoms with Gasteiger partial charge in [0.1, 0.15) is 0 Å². The predicted molar refractivity (Wildman–Crippen MR) is 51.5 cm³/mol. The number of anilines is 1. The average molecular weight is 183 g/mol. The van der Waals surface area contributed by atoms with Gasteiger partial charge in [0.15, 0.2) is 0 Å². The highest BCUT2D eigenvalue weighted by molar-refractivity contribution is 5.44. The van der Waals surface area contributed by atoms with Crippen LogP contribution >= 0.6 is 0 Å². The lowest BCUT2D eigenvalue weighted by molar-refractivity contribution is 0.156. The van der Waals surface area contributed by atoms with E-state index in [1.165, 1.54) is 0 Å². The fourth-order valence-corrected chi connectivity index (χ4v) is 1.14. The quantitative estimate of drug-likeness (QED) is 0.749. The Bertz CT molecular complexity index is 248. The molecular weight excluding hydrogens is 169 g/mol. The molecule has 2 nitrogen and oxygen atoms in total. The number of nitrogens with one attached hydrogen (secondary N) is 1. The second-order valence-corrected chi connectivity index (χ2v) is 2.87. The van der Waals surface area contributed by atoms with Crippen molar-refractivity contribution in [3.8, 4) is 0 Å². The van der Waals surface area contributed by atoms with E-state index in [0.29, 0.717) is 0 Å². The lowest BCUT2D eigenvalue weighted by atomic mass is 10.1. The van der Waals surface area contributed by atoms with E-state index in [4.69, 9.17) is 0 Å². The minimum absolute atomic E-state index is 0.166. The average Bonchev–Trinajstić information content (AvgIpc) is 2.18. The van der Waals surface area contributed by atoms with Gasteiger partial charge in [0.2, 0.25) is 0 Å². The first-order valence-corrected chi connectivity index (χ1v) is 4.29. The van der Waals surface area contributed by atoms with Crippen LogP contribution in [0.4, 0.5) is 10.1 Å². The second kappa shape index (κ2) is 4.82. The summed E-state index contributed by atoms with van der Waals surface area (Å²) in [5.74, 6) is 0. The lowest BCUT2D eigenvalue weighted by Gasteiger charge is -2.09. The van der Waals surface area contributed by atoms with Crippen LogP contribution in [0.2, 0.25) is 0 Å². The summed E-state index contributed by atoms with van der Waals surface area (Å²) in [5, 5.41) is 12.4. The van der Waals surface area contributed by atoms with E-state index in [-0.39, 0.29) is 6.42 Å². The van der Waals surface area contributed by atoms with Crippen molar-refractivity contribution in [3.05, 3.63) is 29.8 Å². The van der Waals surface area contributed by atoms with Crippen LogP contribution in [0, 0.1) is 0 Å². The fraction of sp³-hybridized carbons (Fsp3) is 0.400. The third-order valence-corrected chi connectivity index (χ3v) is 1.97. The summed E-state index contributed by atoms with van der Waals surface area (Å²) >= 11 is 0. The summed E-state index contributed by atoms with van der Waals surface area (Å²) in [5.41, 5.74) is 1.74. The molecule has 0 saturated heterocycles. The van der Waals surface area contributed by atoms with E-state index >= 15 is 0 Å². The van der Waals surface area contributed by atoms with E-state index in [0.717, 1.165) is 11.3 Å². The molecule has 1 atom stereocenters. The standard InChI is InChI=1S/C10H14FNO/c1-12-9-4-2-8(3-5-9)10(13)6-7-11/h2-5,10,12-13H,6-7H2,1H3. The lowest BCUT2D eigenvalue weighted by Crippen LogP contribution is -1.98. The fourth-order valence-electron chi connectivity index (χ4n) is 1.14. The third-order valence-electron chi connectivity index (χ3n) is 1.97. The second-order valence-electron chi connectivity index (χ2n) is 2.87. The van der Waals surface area contributed by atoms with Crippen LogP contribution in [-0.4, -0.2) is 18.8 Å². The number of benzene rings is 1. The Morgan fingerprint density at radius 3 is 2.46 bits per heavy atom. The molecule has 0 aliphatic heterocycles. The van der Waals surface area contributed by atoms with Crippen LogP contribution in [0.3, 0.4) is 0 Å². The Morgan fingerprint density at radius 1 is 1.38 bits per heavy atom. The molecule has 72 valence electrons. The number of hydrogen-bond donors (Lipinski definition) is 2. The van der Waals surface area contributed by atoms with Crippen molar-refractivity contribution in [1.29, 1.82) is 0 Å². The van der Waals surface area contributed by atoms with E-state index < -0.39 is 12.8 Å². The van der Waals surface area contributed by atoms with Gasteiger partial charge in [0.05, 0.1) is 12.8 Å². The zero-order valence-corrected chi connectivity index (χ0v) is 7.63. The summed E-state index contributed by atoms with van der Waals surface area (Å²) in [7, 11) is 1.83. The third kappa shape index (κ3) is 2.70. The monoisotopic (exact) mass is 183 g/mol. The van der Waals surface area contributed by atoms with Crippen LogP contribution < -0.4 is 5.32 Å². The van der Waals surface area contributed by atoms with Crippen molar-refractivity contribution in [2.75, 3.05) is 19.0 Å². The van der Waals surface area contributed by atoms with Crippen molar-refractivity contribution >= 4 is 5.69 Å². The number of halogens is 1. The zero-order chi connectivity index (χ0) is 9.68. The van der Waals surface area contributed by atoms with Crippen LogP contribution in [0.1, 0.15) is 18.1 Å². The van der Waals surface area contributed by atoms with Gasteiger partial charge in [-0.15, -0.1) is 0 Å². The Balaban J connectivity index is 2.67. The molecule has 0 spiro atoms. The van der Waals surface area contributed by atoms with E-state index in [1.807, 2.05) is 19.2 Å². The molecule has 2 N–H and O–H groups in total. The largest absolute Gasteiger partial charge is 0.388 e. The minimum atomic E-state index is -0.684. The van der Waals surface area contributed by atoms with Crippen molar-refractivity contribution < 1.29 is 9.50 Å². The van der Waals surface area contributed by atoms with Crippen molar-refractivity contribution in [3.63, 3.8) is 0 Å². The first kappa shape index (κ1) is 9.99. The van der Waals surface area contributed by atoms with Crippen LogP contribution in [0.15, 0.2) is 24.3 Å². The SMILES string of the molecule is CNc1ccc(C(O)CCF)cc1. The number of aliphatic hydroxyl groups is 1. The van der Waals surface area contributed by atoms with Crippen LogP contribution in [0.25, 0.3) is 0 Å². The molecule has 0 radical (unpaired) electrons. The normalized spacial score (nSPS) is 12.5. The molecule has 0 heterocycles. The highest BCUT2D eigenvalue weighted by atomic mass is 19.1. The van der Waals surface area contributed by atoms with Gasteiger partial charge in [-0.3, -0.25) is 4.39 Å². The number of aliphatic hydroxyl groups excluding tert-OH is 1. The maximum absolute atomic E-state index is 11.9. The highest BCUT2D eigenvalue weighted by Gasteiger charge is 2.05. The summed E-state index contributed by atoms with van der Waals surface area (Å²) in [4.78, 5) is 0. The van der Waals surface area contributed by atoms with Gasteiger partial charge < -0.3 is 10.4 Å². The maximum atomic E-state index is 11.9. The van der Waals surface area contributed by atoms with Gasteiger partial charge in [0, 0.05) is 19.2 Å². The van der Waals surface area contributed by atoms with Gasteiger partial charge in [0.25, 0.3) is 0 Å². The molecule has 0 aromatic heterocycles. The molecule has 0 amide bonds. The van der Waals surface area contributed by atoms with E-state index in [1.54, 1.807) is 12.1 Å². The zero-order valence-electron chi connectivity index (χ0n) is 7.63. The first-order valence-electron chi connectivity index (χ1n) is 4.29.